The number of ketones is 1. The molecule has 86 valence electrons. The molecule has 2 rings (SSSR count). The largest absolute Gasteiger partial charge is 0.325 e. The van der Waals surface area contributed by atoms with Crippen LogP contribution in [0.2, 0.25) is 0 Å². The smallest absolute Gasteiger partial charge is 0.166 e. The van der Waals surface area contributed by atoms with Crippen LogP contribution in [-0.4, -0.2) is 16.3 Å². The lowest BCUT2D eigenvalue weighted by Gasteiger charge is -2.22. The fourth-order valence-corrected chi connectivity index (χ4v) is 2.24. The van der Waals surface area contributed by atoms with Gasteiger partial charge < -0.3 is 5.73 Å². The molecule has 0 amide bonds. The first-order valence-corrected chi connectivity index (χ1v) is 5.52. The zero-order chi connectivity index (χ0) is 11.6. The number of carbonyl (C=O) groups is 1. The van der Waals surface area contributed by atoms with Gasteiger partial charge in [0.1, 0.15) is 5.82 Å². The van der Waals surface area contributed by atoms with Gasteiger partial charge in [0, 0.05) is 23.7 Å². The van der Waals surface area contributed by atoms with Crippen LogP contribution in [0.5, 0.6) is 0 Å². The molecule has 4 heteroatoms. The Hall–Kier alpha value is -1.29. The molecule has 0 spiro atoms. The second kappa shape index (κ2) is 4.29. The number of nitrogens with zero attached hydrogens (tertiary/aromatic N) is 1. The number of Topliss-reactive ketones (excluding diaryl/α,β-unsaturated/α-hetero) is 1. The van der Waals surface area contributed by atoms with E-state index in [1.54, 1.807) is 0 Å². The summed E-state index contributed by atoms with van der Waals surface area (Å²) in [7, 11) is 0. The van der Waals surface area contributed by atoms with Crippen molar-refractivity contribution < 1.29 is 9.18 Å². The van der Waals surface area contributed by atoms with E-state index >= 15 is 0 Å². The van der Waals surface area contributed by atoms with Gasteiger partial charge in [-0.15, -0.1) is 0 Å². The molecule has 1 aromatic heterocycles. The number of carbonyl (C=O) groups excluding carboxylic acids is 1. The molecule has 0 aromatic carbocycles. The van der Waals surface area contributed by atoms with Crippen molar-refractivity contribution >= 4 is 5.78 Å². The topological polar surface area (TPSA) is 56.0 Å². The third kappa shape index (κ3) is 2.44. The minimum Gasteiger partial charge on any atom is -0.325 e. The maximum absolute atomic E-state index is 12.9. The van der Waals surface area contributed by atoms with Gasteiger partial charge in [-0.1, -0.05) is 12.8 Å². The molecule has 2 N–H and O–H groups in total. The highest BCUT2D eigenvalue weighted by Gasteiger charge is 2.32. The van der Waals surface area contributed by atoms with Crippen molar-refractivity contribution in [1.29, 1.82) is 0 Å². The van der Waals surface area contributed by atoms with Gasteiger partial charge in [0.15, 0.2) is 5.78 Å². The second-order valence-corrected chi connectivity index (χ2v) is 4.56. The van der Waals surface area contributed by atoms with Gasteiger partial charge in [-0.3, -0.25) is 9.78 Å². The Morgan fingerprint density at radius 3 is 2.75 bits per heavy atom. The molecular formula is C12H15FN2O. The molecule has 1 heterocycles. The predicted molar refractivity (Wildman–Crippen MR) is 58.5 cm³/mol. The molecule has 1 saturated carbocycles. The number of nitrogens with two attached hydrogens (primary N) is 1. The van der Waals surface area contributed by atoms with E-state index in [1.807, 2.05) is 0 Å². The molecule has 1 aliphatic carbocycles. The third-order valence-corrected chi connectivity index (χ3v) is 3.14. The molecule has 1 fully saturated rings. The van der Waals surface area contributed by atoms with Gasteiger partial charge in [0.25, 0.3) is 0 Å². The van der Waals surface area contributed by atoms with Crippen LogP contribution >= 0.6 is 0 Å². The average molecular weight is 222 g/mol. The highest BCUT2D eigenvalue weighted by molar-refractivity contribution is 5.96. The van der Waals surface area contributed by atoms with Gasteiger partial charge in [0.2, 0.25) is 0 Å². The monoisotopic (exact) mass is 222 g/mol. The Morgan fingerprint density at radius 1 is 1.44 bits per heavy atom. The van der Waals surface area contributed by atoms with Crippen molar-refractivity contribution in [1.82, 2.24) is 4.98 Å². The second-order valence-electron chi connectivity index (χ2n) is 4.56. The number of pyridine rings is 1. The molecule has 3 nitrogen and oxygen atoms in total. The summed E-state index contributed by atoms with van der Waals surface area (Å²) in [6, 6.07) is 1.22. The standard InChI is InChI=1S/C12H15FN2O/c13-10-5-9(7-15-8-10)11(16)6-12(14)3-1-2-4-12/h5,7-8H,1-4,6,14H2. The van der Waals surface area contributed by atoms with Crippen LogP contribution in [0.4, 0.5) is 4.39 Å². The first-order valence-electron chi connectivity index (χ1n) is 5.52. The first kappa shape index (κ1) is 11.2. The molecule has 0 atom stereocenters. The van der Waals surface area contributed by atoms with Gasteiger partial charge in [-0.25, -0.2) is 4.39 Å². The van der Waals surface area contributed by atoms with E-state index in [0.29, 0.717) is 5.56 Å². The molecule has 1 aromatic rings. The van der Waals surface area contributed by atoms with Crippen LogP contribution in [-0.2, 0) is 0 Å². The summed E-state index contributed by atoms with van der Waals surface area (Å²) in [5.74, 6) is -0.597. The quantitative estimate of drug-likeness (QED) is 0.796. The number of aromatic nitrogens is 1. The maximum Gasteiger partial charge on any atom is 0.166 e. The minimum absolute atomic E-state index is 0.114. The number of halogens is 1. The summed E-state index contributed by atoms with van der Waals surface area (Å²) in [4.78, 5) is 15.5. The van der Waals surface area contributed by atoms with E-state index in [2.05, 4.69) is 4.98 Å². The Labute approximate surface area is 93.9 Å². The van der Waals surface area contributed by atoms with Crippen LogP contribution in [0.15, 0.2) is 18.5 Å². The van der Waals surface area contributed by atoms with E-state index in [9.17, 15) is 9.18 Å². The summed E-state index contributed by atoms with van der Waals surface area (Å²) >= 11 is 0. The fourth-order valence-electron chi connectivity index (χ4n) is 2.24. The molecule has 0 unspecified atom stereocenters. The zero-order valence-corrected chi connectivity index (χ0v) is 9.08. The van der Waals surface area contributed by atoms with E-state index in [0.717, 1.165) is 31.9 Å². The van der Waals surface area contributed by atoms with Crippen molar-refractivity contribution in [3.8, 4) is 0 Å². The third-order valence-electron chi connectivity index (χ3n) is 3.14. The summed E-state index contributed by atoms with van der Waals surface area (Å²) in [5, 5.41) is 0. The average Bonchev–Trinajstić information content (AvgIpc) is 2.65. The Balaban J connectivity index is 2.08. The maximum atomic E-state index is 12.9. The Bertz CT molecular complexity index is 400. The van der Waals surface area contributed by atoms with E-state index < -0.39 is 5.82 Å². The van der Waals surface area contributed by atoms with Crippen molar-refractivity contribution in [2.45, 2.75) is 37.6 Å². The summed E-state index contributed by atoms with van der Waals surface area (Å²) in [6.45, 7) is 0. The molecule has 1 aliphatic rings. The minimum atomic E-state index is -0.483. The molecule has 0 bridgehead atoms. The van der Waals surface area contributed by atoms with E-state index in [4.69, 9.17) is 5.73 Å². The van der Waals surface area contributed by atoms with Gasteiger partial charge in [-0.05, 0) is 18.9 Å². The Kier molecular flexibility index (Phi) is 3.01. The highest BCUT2D eigenvalue weighted by Crippen LogP contribution is 2.31. The van der Waals surface area contributed by atoms with Gasteiger partial charge in [0.05, 0.1) is 6.20 Å². The van der Waals surface area contributed by atoms with Crippen molar-refractivity contribution in [2.24, 2.45) is 5.73 Å². The lowest BCUT2D eigenvalue weighted by atomic mass is 9.90. The predicted octanol–water partition coefficient (Wildman–Crippen LogP) is 2.06. The van der Waals surface area contributed by atoms with Crippen LogP contribution in [0, 0.1) is 5.82 Å². The molecule has 0 radical (unpaired) electrons. The highest BCUT2D eigenvalue weighted by atomic mass is 19.1. The number of hydrogen-bond acceptors (Lipinski definition) is 3. The summed E-state index contributed by atoms with van der Waals surface area (Å²) < 4.78 is 12.9. The van der Waals surface area contributed by atoms with Crippen molar-refractivity contribution in [3.05, 3.63) is 29.8 Å². The number of hydrogen-bond donors (Lipinski definition) is 1. The fraction of sp³-hybridized carbons (Fsp3) is 0.500. The molecule has 0 saturated heterocycles. The lowest BCUT2D eigenvalue weighted by molar-refractivity contribution is 0.0951. The lowest BCUT2D eigenvalue weighted by Crippen LogP contribution is -2.38. The molecule has 0 aliphatic heterocycles. The van der Waals surface area contributed by atoms with Crippen LogP contribution < -0.4 is 5.73 Å². The number of rotatable bonds is 3. The van der Waals surface area contributed by atoms with Gasteiger partial charge >= 0.3 is 0 Å². The Morgan fingerprint density at radius 2 is 2.12 bits per heavy atom. The molecular weight excluding hydrogens is 207 g/mol. The van der Waals surface area contributed by atoms with Crippen LogP contribution in [0.25, 0.3) is 0 Å². The summed E-state index contributed by atoms with van der Waals surface area (Å²) in [5.41, 5.74) is 6.03. The van der Waals surface area contributed by atoms with E-state index in [1.165, 1.54) is 12.3 Å². The van der Waals surface area contributed by atoms with Crippen LogP contribution in [0.3, 0.4) is 0 Å². The van der Waals surface area contributed by atoms with Crippen molar-refractivity contribution in [3.63, 3.8) is 0 Å². The van der Waals surface area contributed by atoms with Crippen molar-refractivity contribution in [2.75, 3.05) is 0 Å². The SMILES string of the molecule is NC1(CC(=O)c2cncc(F)c2)CCCC1. The van der Waals surface area contributed by atoms with Gasteiger partial charge in [-0.2, -0.15) is 0 Å². The normalized spacial score (nSPS) is 18.6. The molecule has 16 heavy (non-hydrogen) atoms. The summed E-state index contributed by atoms with van der Waals surface area (Å²) in [6.07, 6.45) is 6.67. The zero-order valence-electron chi connectivity index (χ0n) is 9.08. The first-order chi connectivity index (χ1) is 7.59. The van der Waals surface area contributed by atoms with Crippen LogP contribution in [0.1, 0.15) is 42.5 Å². The van der Waals surface area contributed by atoms with E-state index in [-0.39, 0.29) is 17.7 Å².